The first kappa shape index (κ1) is 16.0. The van der Waals surface area contributed by atoms with Crippen LogP contribution in [0.3, 0.4) is 0 Å². The Balaban J connectivity index is 1.58. The molecule has 4 heterocycles. The van der Waals surface area contributed by atoms with Crippen LogP contribution in [0.4, 0.5) is 10.1 Å². The number of anilines is 1. The number of pyridine rings is 1. The summed E-state index contributed by atoms with van der Waals surface area (Å²) >= 11 is 0. The number of hydrogen-bond acceptors (Lipinski definition) is 5. The number of aromatic nitrogens is 2. The Bertz CT molecular complexity index is 1210. The summed E-state index contributed by atoms with van der Waals surface area (Å²) in [5.74, 6) is -0.370. The van der Waals surface area contributed by atoms with E-state index in [1.54, 1.807) is 22.9 Å². The van der Waals surface area contributed by atoms with E-state index < -0.39 is 5.63 Å². The van der Waals surface area contributed by atoms with Crippen molar-refractivity contribution in [3.63, 3.8) is 0 Å². The number of benzene rings is 1. The van der Waals surface area contributed by atoms with Crippen LogP contribution in [0, 0.1) is 5.82 Å². The summed E-state index contributed by atoms with van der Waals surface area (Å²) in [6.45, 7) is 3.72. The lowest BCUT2D eigenvalue weighted by Crippen LogP contribution is -2.43. The molecule has 0 unspecified atom stereocenters. The van der Waals surface area contributed by atoms with E-state index in [-0.39, 0.29) is 5.82 Å². The zero-order valence-corrected chi connectivity index (χ0v) is 14.5. The monoisotopic (exact) mass is 364 g/mol. The van der Waals surface area contributed by atoms with Crippen LogP contribution in [0.5, 0.6) is 0 Å². The Kier molecular flexibility index (Phi) is 3.68. The van der Waals surface area contributed by atoms with E-state index in [1.165, 1.54) is 12.1 Å². The van der Waals surface area contributed by atoms with E-state index in [2.05, 4.69) is 15.2 Å². The van der Waals surface area contributed by atoms with Crippen molar-refractivity contribution in [2.24, 2.45) is 0 Å². The van der Waals surface area contributed by atoms with Gasteiger partial charge in [0.05, 0.1) is 11.3 Å². The molecule has 0 spiro atoms. The molecule has 6 nitrogen and oxygen atoms in total. The van der Waals surface area contributed by atoms with Crippen molar-refractivity contribution in [2.75, 3.05) is 31.1 Å². The zero-order valence-electron chi connectivity index (χ0n) is 14.5. The number of rotatable bonds is 2. The number of halogens is 1. The lowest BCUT2D eigenvalue weighted by Gasteiger charge is -2.29. The topological polar surface area (TPSA) is 62.8 Å². The van der Waals surface area contributed by atoms with Gasteiger partial charge in [-0.15, -0.1) is 0 Å². The number of piperazine rings is 1. The van der Waals surface area contributed by atoms with Gasteiger partial charge in [-0.25, -0.2) is 14.2 Å². The SMILES string of the molecule is O=c1oc2cc(N3CCNCC3)ccc2cc1-c1cn2ccc(F)cc2n1. The number of nitrogens with one attached hydrogen (secondary N) is 1. The standard InChI is InChI=1S/C20H17FN4O2/c21-14-3-6-25-12-17(23-19(25)10-14)16-9-13-1-2-15(11-18(13)27-20(16)26)24-7-4-22-5-8-24/h1-3,6,9-12,22H,4-5,7-8H2. The molecule has 4 aromatic rings. The highest BCUT2D eigenvalue weighted by atomic mass is 19.1. The number of fused-ring (bicyclic) bond motifs is 2. The molecule has 1 fully saturated rings. The summed E-state index contributed by atoms with van der Waals surface area (Å²) in [4.78, 5) is 19.2. The summed E-state index contributed by atoms with van der Waals surface area (Å²) in [7, 11) is 0. The van der Waals surface area contributed by atoms with Crippen LogP contribution in [0.25, 0.3) is 27.9 Å². The van der Waals surface area contributed by atoms with Gasteiger partial charge in [-0.3, -0.25) is 0 Å². The molecule has 0 saturated carbocycles. The molecule has 0 amide bonds. The molecule has 5 rings (SSSR count). The lowest BCUT2D eigenvalue weighted by atomic mass is 10.1. The summed E-state index contributed by atoms with van der Waals surface area (Å²) in [5.41, 5.74) is 2.41. The van der Waals surface area contributed by atoms with Crippen LogP contribution in [0.1, 0.15) is 0 Å². The second kappa shape index (κ2) is 6.21. The van der Waals surface area contributed by atoms with Crippen molar-refractivity contribution in [1.82, 2.24) is 14.7 Å². The average molecular weight is 364 g/mol. The highest BCUT2D eigenvalue weighted by Crippen LogP contribution is 2.25. The van der Waals surface area contributed by atoms with Crippen LogP contribution >= 0.6 is 0 Å². The summed E-state index contributed by atoms with van der Waals surface area (Å²) in [6, 6.07) is 10.3. The summed E-state index contributed by atoms with van der Waals surface area (Å²) < 4.78 is 20.6. The van der Waals surface area contributed by atoms with Gasteiger partial charge in [-0.05, 0) is 24.3 Å². The maximum Gasteiger partial charge on any atom is 0.345 e. The van der Waals surface area contributed by atoms with Crippen LogP contribution in [0.15, 0.2) is 58.0 Å². The van der Waals surface area contributed by atoms with Gasteiger partial charge < -0.3 is 19.0 Å². The average Bonchev–Trinajstić information content (AvgIpc) is 3.10. The Morgan fingerprint density at radius 2 is 1.96 bits per heavy atom. The van der Waals surface area contributed by atoms with Gasteiger partial charge in [0.2, 0.25) is 0 Å². The highest BCUT2D eigenvalue weighted by molar-refractivity contribution is 5.84. The van der Waals surface area contributed by atoms with E-state index in [4.69, 9.17) is 4.42 Å². The van der Waals surface area contributed by atoms with Gasteiger partial charge >= 0.3 is 5.63 Å². The second-order valence-corrected chi connectivity index (χ2v) is 6.64. The van der Waals surface area contributed by atoms with Gasteiger partial charge in [0, 0.05) is 61.8 Å². The maximum atomic E-state index is 13.4. The van der Waals surface area contributed by atoms with Crippen LogP contribution in [0.2, 0.25) is 0 Å². The molecule has 1 aliphatic rings. The van der Waals surface area contributed by atoms with Crippen LogP contribution in [-0.4, -0.2) is 35.6 Å². The van der Waals surface area contributed by atoms with Gasteiger partial charge in [0.25, 0.3) is 0 Å². The van der Waals surface area contributed by atoms with Crippen molar-refractivity contribution < 1.29 is 8.81 Å². The molecule has 1 N–H and O–H groups in total. The smallest absolute Gasteiger partial charge is 0.345 e. The predicted octanol–water partition coefficient (Wildman–Crippen LogP) is 2.66. The van der Waals surface area contributed by atoms with Gasteiger partial charge in [-0.1, -0.05) is 0 Å². The van der Waals surface area contributed by atoms with Crippen molar-refractivity contribution in [3.8, 4) is 11.3 Å². The van der Waals surface area contributed by atoms with Crippen molar-refractivity contribution >= 4 is 22.3 Å². The quantitative estimate of drug-likeness (QED) is 0.554. The predicted molar refractivity (Wildman–Crippen MR) is 102 cm³/mol. The van der Waals surface area contributed by atoms with E-state index >= 15 is 0 Å². The lowest BCUT2D eigenvalue weighted by molar-refractivity contribution is 0.561. The fourth-order valence-electron chi connectivity index (χ4n) is 3.49. The van der Waals surface area contributed by atoms with Gasteiger partial charge in [-0.2, -0.15) is 0 Å². The highest BCUT2D eigenvalue weighted by Gasteiger charge is 2.15. The van der Waals surface area contributed by atoms with E-state index in [1.807, 2.05) is 18.2 Å². The molecule has 0 bridgehead atoms. The van der Waals surface area contributed by atoms with Crippen LogP contribution < -0.4 is 15.8 Å². The molecule has 136 valence electrons. The molecular formula is C20H17FN4O2. The Labute approximate surface area is 153 Å². The molecule has 1 saturated heterocycles. The van der Waals surface area contributed by atoms with Gasteiger partial charge in [0.1, 0.15) is 17.0 Å². The Morgan fingerprint density at radius 1 is 1.11 bits per heavy atom. The van der Waals surface area contributed by atoms with E-state index in [9.17, 15) is 9.18 Å². The van der Waals surface area contributed by atoms with Crippen molar-refractivity contribution in [3.05, 3.63) is 65.0 Å². The van der Waals surface area contributed by atoms with Gasteiger partial charge in [0.15, 0.2) is 0 Å². The first-order valence-electron chi connectivity index (χ1n) is 8.86. The molecule has 0 aliphatic carbocycles. The van der Waals surface area contributed by atoms with Crippen LogP contribution in [-0.2, 0) is 0 Å². The first-order chi connectivity index (χ1) is 13.2. The minimum absolute atomic E-state index is 0.363. The van der Waals surface area contributed by atoms with E-state index in [0.717, 1.165) is 37.3 Å². The molecule has 1 aliphatic heterocycles. The number of imidazole rings is 1. The molecule has 3 aromatic heterocycles. The second-order valence-electron chi connectivity index (χ2n) is 6.64. The normalized spacial score (nSPS) is 14.9. The Hall–Kier alpha value is -3.19. The summed E-state index contributed by atoms with van der Waals surface area (Å²) in [6.07, 6.45) is 3.27. The van der Waals surface area contributed by atoms with Crippen molar-refractivity contribution in [1.29, 1.82) is 0 Å². The van der Waals surface area contributed by atoms with E-state index in [0.29, 0.717) is 22.5 Å². The fourth-order valence-corrected chi connectivity index (χ4v) is 3.49. The third kappa shape index (κ3) is 2.86. The zero-order chi connectivity index (χ0) is 18.4. The number of hydrogen-bond donors (Lipinski definition) is 1. The minimum Gasteiger partial charge on any atom is -0.422 e. The maximum absolute atomic E-state index is 13.4. The molecule has 7 heteroatoms. The molecular weight excluding hydrogens is 347 g/mol. The molecule has 0 radical (unpaired) electrons. The summed E-state index contributed by atoms with van der Waals surface area (Å²) in [5, 5.41) is 4.15. The largest absolute Gasteiger partial charge is 0.422 e. The Morgan fingerprint density at radius 3 is 2.81 bits per heavy atom. The minimum atomic E-state index is -0.455. The molecule has 1 aromatic carbocycles. The third-order valence-corrected chi connectivity index (χ3v) is 4.90. The third-order valence-electron chi connectivity index (χ3n) is 4.90. The number of nitrogens with zero attached hydrogens (tertiary/aromatic N) is 3. The fraction of sp³-hybridized carbons (Fsp3) is 0.200. The van der Waals surface area contributed by atoms with Crippen molar-refractivity contribution in [2.45, 2.75) is 0 Å². The molecule has 27 heavy (non-hydrogen) atoms. The first-order valence-corrected chi connectivity index (χ1v) is 8.86. The molecule has 0 atom stereocenters.